The van der Waals surface area contributed by atoms with Gasteiger partial charge in [0.1, 0.15) is 0 Å². The van der Waals surface area contributed by atoms with Crippen molar-refractivity contribution in [3.05, 3.63) is 12.4 Å². The van der Waals surface area contributed by atoms with Crippen molar-refractivity contribution in [3.63, 3.8) is 0 Å². The lowest BCUT2D eigenvalue weighted by atomic mass is 10.7. The highest BCUT2D eigenvalue weighted by Crippen LogP contribution is 2.02. The molecule has 62 valence electrons. The van der Waals surface area contributed by atoms with Crippen LogP contribution >= 0.6 is 0 Å². The fourth-order valence-corrected chi connectivity index (χ4v) is 1.52. The smallest absolute Gasteiger partial charge is 0.272 e. The first-order chi connectivity index (χ1) is 5.05. The number of hydrogen-bond donors (Lipinski definition) is 1. The third-order valence-electron chi connectivity index (χ3n) is 1.27. The zero-order valence-electron chi connectivity index (χ0n) is 6.06. The summed E-state index contributed by atoms with van der Waals surface area (Å²) in [6, 6.07) is 0. The van der Waals surface area contributed by atoms with Crippen LogP contribution in [0.2, 0.25) is 0 Å². The van der Waals surface area contributed by atoms with Gasteiger partial charge in [-0.1, -0.05) is 0 Å². The summed E-state index contributed by atoms with van der Waals surface area (Å²) in [7, 11) is -3.65. The molecule has 2 N–H and O–H groups in total. The molecule has 1 rings (SSSR count). The zero-order valence-corrected chi connectivity index (χ0v) is 6.87. The van der Waals surface area contributed by atoms with Crippen molar-refractivity contribution in [1.82, 2.24) is 9.55 Å². The number of rotatable bonds is 2. The number of aryl methyl sites for hydroxylation is 1. The Hall–Kier alpha value is -0.880. The minimum atomic E-state index is -3.65. The van der Waals surface area contributed by atoms with E-state index in [4.69, 9.17) is 5.14 Å². The van der Waals surface area contributed by atoms with Crippen molar-refractivity contribution in [1.29, 1.82) is 0 Å². The van der Waals surface area contributed by atoms with Crippen LogP contribution in [0.25, 0.3) is 0 Å². The van der Waals surface area contributed by atoms with Crippen molar-refractivity contribution >= 4 is 10.0 Å². The molecule has 1 heterocycles. The molecule has 11 heavy (non-hydrogen) atoms. The molecule has 0 amide bonds. The van der Waals surface area contributed by atoms with Gasteiger partial charge in [0.15, 0.2) is 0 Å². The average molecular weight is 175 g/mol. The van der Waals surface area contributed by atoms with Crippen LogP contribution in [0.1, 0.15) is 6.92 Å². The van der Waals surface area contributed by atoms with Crippen LogP contribution < -0.4 is 5.14 Å². The van der Waals surface area contributed by atoms with Gasteiger partial charge in [-0.2, -0.15) is 0 Å². The summed E-state index contributed by atoms with van der Waals surface area (Å²) in [5.41, 5.74) is 0. The maximum Gasteiger partial charge on any atom is 0.272 e. The molecule has 0 aliphatic heterocycles. The number of primary sulfonamides is 1. The lowest BCUT2D eigenvalue weighted by molar-refractivity contribution is 0.570. The quantitative estimate of drug-likeness (QED) is 0.661. The van der Waals surface area contributed by atoms with Crippen molar-refractivity contribution in [2.45, 2.75) is 18.6 Å². The standard InChI is InChI=1S/C5H9N3O2S/c1-2-8-4-3-7-5(8)11(6,9)10/h3-4H,2H2,1H3,(H2,6,9,10). The molecule has 0 saturated carbocycles. The lowest BCUT2D eigenvalue weighted by Crippen LogP contribution is -2.17. The first-order valence-corrected chi connectivity index (χ1v) is 4.64. The maximum atomic E-state index is 10.8. The third kappa shape index (κ3) is 1.58. The Bertz CT molecular complexity index is 340. The van der Waals surface area contributed by atoms with Crippen LogP contribution in [-0.4, -0.2) is 18.0 Å². The highest BCUT2D eigenvalue weighted by atomic mass is 32.2. The number of aromatic nitrogens is 2. The lowest BCUT2D eigenvalue weighted by Gasteiger charge is -1.99. The molecule has 0 aliphatic carbocycles. The number of nitrogens with two attached hydrogens (primary N) is 1. The van der Waals surface area contributed by atoms with Crippen LogP contribution in [0.15, 0.2) is 17.6 Å². The van der Waals surface area contributed by atoms with Crippen molar-refractivity contribution in [2.75, 3.05) is 0 Å². The summed E-state index contributed by atoms with van der Waals surface area (Å²) < 4.78 is 23.0. The SMILES string of the molecule is CCn1ccnc1S(N)(=O)=O. The monoisotopic (exact) mass is 175 g/mol. The molecule has 1 aromatic rings. The number of nitrogens with zero attached hydrogens (tertiary/aromatic N) is 2. The summed E-state index contributed by atoms with van der Waals surface area (Å²) in [6.07, 6.45) is 2.98. The Morgan fingerprint density at radius 2 is 2.36 bits per heavy atom. The molecule has 0 spiro atoms. The van der Waals surface area contributed by atoms with Gasteiger partial charge in [-0.15, -0.1) is 0 Å². The first kappa shape index (κ1) is 8.22. The summed E-state index contributed by atoms with van der Waals surface area (Å²) in [4.78, 5) is 3.61. The third-order valence-corrected chi connectivity index (χ3v) is 2.12. The normalized spacial score (nSPS) is 11.8. The Morgan fingerprint density at radius 3 is 2.73 bits per heavy atom. The van der Waals surface area contributed by atoms with E-state index in [0.29, 0.717) is 6.54 Å². The first-order valence-electron chi connectivity index (χ1n) is 3.09. The van der Waals surface area contributed by atoms with Gasteiger partial charge in [-0.05, 0) is 6.92 Å². The summed E-state index contributed by atoms with van der Waals surface area (Å²) in [5, 5.41) is 4.78. The largest absolute Gasteiger partial charge is 0.321 e. The van der Waals surface area contributed by atoms with Crippen LogP contribution in [0.4, 0.5) is 0 Å². The number of imidazole rings is 1. The van der Waals surface area contributed by atoms with E-state index in [1.54, 1.807) is 6.20 Å². The molecule has 0 unspecified atom stereocenters. The van der Waals surface area contributed by atoms with Crippen molar-refractivity contribution in [3.8, 4) is 0 Å². The summed E-state index contributed by atoms with van der Waals surface area (Å²) in [5.74, 6) is 0. The van der Waals surface area contributed by atoms with Gasteiger partial charge in [0.2, 0.25) is 5.16 Å². The Labute approximate surface area is 64.9 Å². The molecule has 0 bridgehead atoms. The highest BCUT2D eigenvalue weighted by molar-refractivity contribution is 7.89. The second-order valence-corrected chi connectivity index (χ2v) is 3.50. The van der Waals surface area contributed by atoms with E-state index in [0.717, 1.165) is 0 Å². The number of sulfonamides is 1. The molecule has 6 heteroatoms. The summed E-state index contributed by atoms with van der Waals surface area (Å²) in [6.45, 7) is 2.36. The van der Waals surface area contributed by atoms with E-state index in [9.17, 15) is 8.42 Å². The predicted molar refractivity (Wildman–Crippen MR) is 39.3 cm³/mol. The predicted octanol–water partition coefficient (Wildman–Crippen LogP) is -0.450. The van der Waals surface area contributed by atoms with Gasteiger partial charge >= 0.3 is 0 Å². The van der Waals surface area contributed by atoms with Crippen LogP contribution in [0.3, 0.4) is 0 Å². The molecule has 0 aromatic carbocycles. The van der Waals surface area contributed by atoms with E-state index >= 15 is 0 Å². The van der Waals surface area contributed by atoms with Gasteiger partial charge in [0.25, 0.3) is 10.0 Å². The van der Waals surface area contributed by atoms with Gasteiger partial charge in [0, 0.05) is 18.9 Å². The molecule has 0 radical (unpaired) electrons. The van der Waals surface area contributed by atoms with Crippen molar-refractivity contribution in [2.24, 2.45) is 5.14 Å². The second kappa shape index (κ2) is 2.63. The van der Waals surface area contributed by atoms with Gasteiger partial charge < -0.3 is 4.57 Å². The maximum absolute atomic E-state index is 10.8. The van der Waals surface area contributed by atoms with Crippen molar-refractivity contribution < 1.29 is 8.42 Å². The van der Waals surface area contributed by atoms with Crippen LogP contribution in [0, 0.1) is 0 Å². The van der Waals surface area contributed by atoms with E-state index in [2.05, 4.69) is 4.98 Å². The molecule has 0 atom stereocenters. The molecule has 0 fully saturated rings. The highest BCUT2D eigenvalue weighted by Gasteiger charge is 2.13. The minimum Gasteiger partial charge on any atom is -0.321 e. The number of hydrogen-bond acceptors (Lipinski definition) is 3. The average Bonchev–Trinajstić information content (AvgIpc) is 2.31. The van der Waals surface area contributed by atoms with Crippen LogP contribution in [0.5, 0.6) is 0 Å². The molecular formula is C5H9N3O2S. The minimum absolute atomic E-state index is 0.0833. The van der Waals surface area contributed by atoms with Gasteiger partial charge in [-0.25, -0.2) is 18.5 Å². The molecule has 0 saturated heterocycles. The Balaban J connectivity index is 3.24. The molecule has 5 nitrogen and oxygen atoms in total. The van der Waals surface area contributed by atoms with E-state index in [1.165, 1.54) is 10.8 Å². The second-order valence-electron chi connectivity index (χ2n) is 2.04. The van der Waals surface area contributed by atoms with Crippen LogP contribution in [-0.2, 0) is 16.6 Å². The van der Waals surface area contributed by atoms with Gasteiger partial charge in [0.05, 0.1) is 0 Å². The topological polar surface area (TPSA) is 78.0 Å². The zero-order chi connectivity index (χ0) is 8.48. The molecule has 0 aliphatic rings. The Morgan fingerprint density at radius 1 is 1.73 bits per heavy atom. The fraction of sp³-hybridized carbons (Fsp3) is 0.400. The van der Waals surface area contributed by atoms with Gasteiger partial charge in [-0.3, -0.25) is 0 Å². The molecular weight excluding hydrogens is 166 g/mol. The fourth-order valence-electron chi connectivity index (χ4n) is 0.793. The molecule has 1 aromatic heterocycles. The Kier molecular flexibility index (Phi) is 1.97. The van der Waals surface area contributed by atoms with E-state index < -0.39 is 10.0 Å². The van der Waals surface area contributed by atoms with E-state index in [1.807, 2.05) is 6.92 Å². The van der Waals surface area contributed by atoms with E-state index in [-0.39, 0.29) is 5.16 Å². The summed E-state index contributed by atoms with van der Waals surface area (Å²) >= 11 is 0.